The van der Waals surface area contributed by atoms with Gasteiger partial charge in [-0.25, -0.2) is 4.99 Å². The largest absolute Gasteiger partial charge is 0.468 e. The van der Waals surface area contributed by atoms with Crippen LogP contribution in [0.2, 0.25) is 0 Å². The zero-order valence-electron chi connectivity index (χ0n) is 17.1. The summed E-state index contributed by atoms with van der Waals surface area (Å²) in [5, 5.41) is 0. The van der Waals surface area contributed by atoms with Gasteiger partial charge in [0.25, 0.3) is 0 Å². The number of amidine groups is 1. The number of carbonyl (C=O) groups excluding carboxylic acids is 1. The van der Waals surface area contributed by atoms with Gasteiger partial charge in [0.15, 0.2) is 0 Å². The summed E-state index contributed by atoms with van der Waals surface area (Å²) in [6, 6.07) is 16.4. The van der Waals surface area contributed by atoms with Gasteiger partial charge < -0.3 is 19.3 Å². The zero-order chi connectivity index (χ0) is 20.9. The van der Waals surface area contributed by atoms with Crippen molar-refractivity contribution in [3.8, 4) is 0 Å². The number of esters is 1. The number of quaternary nitrogens is 1. The Labute approximate surface area is 185 Å². The van der Waals surface area contributed by atoms with E-state index in [0.29, 0.717) is 0 Å². The van der Waals surface area contributed by atoms with Crippen LogP contribution >= 0.6 is 15.9 Å². The number of hydrogen-bond donors (Lipinski definition) is 1. The lowest BCUT2D eigenvalue weighted by atomic mass is 9.93. The molecule has 0 spiro atoms. The van der Waals surface area contributed by atoms with E-state index in [0.717, 1.165) is 66.4 Å². The van der Waals surface area contributed by atoms with Crippen LogP contribution in [-0.4, -0.2) is 63.2 Å². The van der Waals surface area contributed by atoms with Crippen molar-refractivity contribution in [2.24, 2.45) is 4.99 Å². The van der Waals surface area contributed by atoms with Crippen molar-refractivity contribution in [3.63, 3.8) is 0 Å². The van der Waals surface area contributed by atoms with Crippen LogP contribution in [0.15, 0.2) is 58.0 Å². The molecule has 2 aliphatic heterocycles. The minimum absolute atomic E-state index is 0.0926. The first-order chi connectivity index (χ1) is 14.7. The minimum Gasteiger partial charge on any atom is -0.468 e. The molecule has 0 aliphatic carbocycles. The molecule has 1 N–H and O–H groups in total. The third-order valence-electron chi connectivity index (χ3n) is 5.72. The number of rotatable bonds is 6. The monoisotopic (exact) mass is 472 g/mol. The first-order valence-electron chi connectivity index (χ1n) is 10.3. The Bertz CT molecular complexity index is 913. The van der Waals surface area contributed by atoms with E-state index >= 15 is 0 Å². The highest BCUT2D eigenvalue weighted by Crippen LogP contribution is 2.40. The van der Waals surface area contributed by atoms with Crippen molar-refractivity contribution >= 4 is 33.4 Å². The van der Waals surface area contributed by atoms with E-state index in [9.17, 15) is 4.79 Å². The van der Waals surface area contributed by atoms with E-state index in [-0.39, 0.29) is 18.6 Å². The van der Waals surface area contributed by atoms with Crippen molar-refractivity contribution in [2.75, 3.05) is 46.5 Å². The highest BCUT2D eigenvalue weighted by atomic mass is 79.9. The summed E-state index contributed by atoms with van der Waals surface area (Å²) in [5.74, 6) is 0.670. The molecule has 1 fully saturated rings. The second-order valence-electron chi connectivity index (χ2n) is 7.61. The van der Waals surface area contributed by atoms with Gasteiger partial charge in [0, 0.05) is 10.0 Å². The number of ether oxygens (including phenoxy) is 2. The Morgan fingerprint density at radius 2 is 2.00 bits per heavy atom. The van der Waals surface area contributed by atoms with E-state index in [1.807, 2.05) is 30.3 Å². The quantitative estimate of drug-likeness (QED) is 0.655. The van der Waals surface area contributed by atoms with Crippen LogP contribution in [0.4, 0.5) is 5.69 Å². The predicted octanol–water partition coefficient (Wildman–Crippen LogP) is 2.36. The average molecular weight is 473 g/mol. The molecule has 30 heavy (non-hydrogen) atoms. The fourth-order valence-corrected chi connectivity index (χ4v) is 4.52. The summed E-state index contributed by atoms with van der Waals surface area (Å²) in [5.41, 5.74) is 3.17. The maximum atomic E-state index is 12.3. The van der Waals surface area contributed by atoms with Gasteiger partial charge in [0.05, 0.1) is 45.0 Å². The van der Waals surface area contributed by atoms with Crippen LogP contribution in [0.3, 0.4) is 0 Å². The lowest BCUT2D eigenvalue weighted by Crippen LogP contribution is -3.14. The second kappa shape index (κ2) is 9.73. The topological polar surface area (TPSA) is 55.6 Å². The lowest BCUT2D eigenvalue weighted by Gasteiger charge is -2.38. The van der Waals surface area contributed by atoms with Crippen molar-refractivity contribution in [2.45, 2.75) is 12.5 Å². The van der Waals surface area contributed by atoms with E-state index in [1.54, 1.807) is 0 Å². The predicted molar refractivity (Wildman–Crippen MR) is 119 cm³/mol. The molecule has 7 heteroatoms. The van der Waals surface area contributed by atoms with Crippen LogP contribution in [-0.2, 0) is 14.3 Å². The summed E-state index contributed by atoms with van der Waals surface area (Å²) in [7, 11) is 1.43. The Kier molecular flexibility index (Phi) is 6.82. The molecule has 0 amide bonds. The molecular formula is C23H27BrN3O3+. The average Bonchev–Trinajstić information content (AvgIpc) is 2.79. The summed E-state index contributed by atoms with van der Waals surface area (Å²) >= 11 is 3.60. The van der Waals surface area contributed by atoms with Gasteiger partial charge in [-0.2, -0.15) is 0 Å². The van der Waals surface area contributed by atoms with Gasteiger partial charge in [-0.15, -0.1) is 0 Å². The molecule has 2 aromatic rings. The molecule has 0 radical (unpaired) electrons. The molecule has 158 valence electrons. The van der Waals surface area contributed by atoms with E-state index in [4.69, 9.17) is 14.5 Å². The highest BCUT2D eigenvalue weighted by molar-refractivity contribution is 9.10. The number of methoxy groups -OCH3 is 1. The Balaban J connectivity index is 1.71. The maximum Gasteiger partial charge on any atom is 0.325 e. The van der Waals surface area contributed by atoms with Crippen LogP contribution in [0.25, 0.3) is 0 Å². The standard InChI is InChI=1S/C23H26BrN3O3/c1-29-22(28)16-27-21(9-10-26-11-13-30-14-12-26)25-20-8-7-18(24)15-19(20)23(27)17-5-3-2-4-6-17/h2-8,15,23H,9-14,16H2,1H3/p+1/t23-/m1/s1. The summed E-state index contributed by atoms with van der Waals surface area (Å²) in [6.45, 7) is 4.76. The van der Waals surface area contributed by atoms with Crippen LogP contribution in [0, 0.1) is 0 Å². The number of carbonyl (C=O) groups is 1. The third-order valence-corrected chi connectivity index (χ3v) is 6.21. The number of morpholine rings is 1. The van der Waals surface area contributed by atoms with Crippen molar-refractivity contribution in [1.82, 2.24) is 4.90 Å². The molecule has 1 atom stereocenters. The van der Waals surface area contributed by atoms with Gasteiger partial charge in [-0.1, -0.05) is 46.3 Å². The minimum atomic E-state index is -0.263. The summed E-state index contributed by atoms with van der Waals surface area (Å²) < 4.78 is 11.5. The highest BCUT2D eigenvalue weighted by Gasteiger charge is 2.33. The van der Waals surface area contributed by atoms with Crippen LogP contribution < -0.4 is 4.90 Å². The molecule has 0 aromatic heterocycles. The fraction of sp³-hybridized carbons (Fsp3) is 0.391. The van der Waals surface area contributed by atoms with Gasteiger partial charge in [0.2, 0.25) is 0 Å². The first kappa shape index (κ1) is 21.0. The van der Waals surface area contributed by atoms with Crippen LogP contribution in [0.5, 0.6) is 0 Å². The third kappa shape index (κ3) is 4.74. The molecule has 2 aromatic carbocycles. The Hall–Kier alpha value is -2.22. The SMILES string of the molecule is COC(=O)CN1C(CC[NH+]2CCOCC2)=Nc2ccc(Br)cc2[C@H]1c1ccccc1. The molecule has 0 unspecified atom stereocenters. The number of fused-ring (bicyclic) bond motifs is 1. The van der Waals surface area contributed by atoms with Crippen molar-refractivity contribution in [1.29, 1.82) is 0 Å². The van der Waals surface area contributed by atoms with Gasteiger partial charge >= 0.3 is 5.97 Å². The van der Waals surface area contributed by atoms with E-state index in [2.05, 4.69) is 39.0 Å². The smallest absolute Gasteiger partial charge is 0.325 e. The number of nitrogens with one attached hydrogen (secondary N) is 1. The molecule has 2 aliphatic rings. The molecule has 6 nitrogen and oxygen atoms in total. The normalized spacial score (nSPS) is 19.2. The Morgan fingerprint density at radius 3 is 2.73 bits per heavy atom. The number of aliphatic imine (C=N–C) groups is 1. The second-order valence-corrected chi connectivity index (χ2v) is 8.53. The Morgan fingerprint density at radius 1 is 1.23 bits per heavy atom. The molecule has 0 saturated carbocycles. The number of hydrogen-bond acceptors (Lipinski definition) is 5. The van der Waals surface area contributed by atoms with Crippen LogP contribution in [0.1, 0.15) is 23.6 Å². The summed E-state index contributed by atoms with van der Waals surface area (Å²) in [6.07, 6.45) is 0.797. The fourth-order valence-electron chi connectivity index (χ4n) is 4.15. The molecule has 0 bridgehead atoms. The molecule has 1 saturated heterocycles. The summed E-state index contributed by atoms with van der Waals surface area (Å²) in [4.78, 5) is 20.9. The number of benzene rings is 2. The number of halogens is 1. The van der Waals surface area contributed by atoms with Gasteiger partial charge in [-0.3, -0.25) is 4.79 Å². The van der Waals surface area contributed by atoms with Gasteiger partial charge in [0.1, 0.15) is 25.5 Å². The zero-order valence-corrected chi connectivity index (χ0v) is 18.7. The first-order valence-corrected chi connectivity index (χ1v) is 11.1. The van der Waals surface area contributed by atoms with Crippen molar-refractivity contribution in [3.05, 3.63) is 64.1 Å². The number of nitrogens with zero attached hydrogens (tertiary/aromatic N) is 2. The van der Waals surface area contributed by atoms with Gasteiger partial charge in [-0.05, 0) is 23.8 Å². The van der Waals surface area contributed by atoms with E-state index < -0.39 is 0 Å². The maximum absolute atomic E-state index is 12.3. The molecule has 4 rings (SSSR count). The molecule has 2 heterocycles. The lowest BCUT2D eigenvalue weighted by molar-refractivity contribution is -0.907. The van der Waals surface area contributed by atoms with Crippen molar-refractivity contribution < 1.29 is 19.2 Å². The molecular weight excluding hydrogens is 446 g/mol. The van der Waals surface area contributed by atoms with E-state index in [1.165, 1.54) is 12.0 Å².